The lowest BCUT2D eigenvalue weighted by molar-refractivity contribution is 0.472. The van der Waals surface area contributed by atoms with E-state index in [1.807, 2.05) is 84.9 Å². The Bertz CT molecular complexity index is 1480. The van der Waals surface area contributed by atoms with Crippen LogP contribution < -0.4 is 29.1 Å². The third kappa shape index (κ3) is 3.80. The van der Waals surface area contributed by atoms with E-state index in [0.717, 1.165) is 67.4 Å². The van der Waals surface area contributed by atoms with Crippen LogP contribution in [0.3, 0.4) is 0 Å². The molecule has 36 heavy (non-hydrogen) atoms. The largest absolute Gasteiger partial charge is 0.472 e. The summed E-state index contributed by atoms with van der Waals surface area (Å²) in [6.07, 6.45) is 0. The van der Waals surface area contributed by atoms with E-state index in [9.17, 15) is 0 Å². The van der Waals surface area contributed by atoms with Gasteiger partial charge in [0.05, 0.1) is 10.6 Å². The van der Waals surface area contributed by atoms with Gasteiger partial charge in [-0.1, -0.05) is 60.7 Å². The number of benzene rings is 5. The number of fused-ring (bicyclic) bond motifs is 6. The first-order valence-corrected chi connectivity index (χ1v) is 13.4. The van der Waals surface area contributed by atoms with Gasteiger partial charge in [-0.05, 0) is 59.7 Å². The first-order valence-electron chi connectivity index (χ1n) is 11.6. The highest BCUT2D eigenvalue weighted by Crippen LogP contribution is 2.44. The lowest BCUT2D eigenvalue weighted by Crippen LogP contribution is -2.11. The summed E-state index contributed by atoms with van der Waals surface area (Å²) in [6.45, 7) is 0. The maximum Gasteiger partial charge on any atom is 0.138 e. The van der Waals surface area contributed by atoms with Gasteiger partial charge in [-0.25, -0.2) is 0 Å². The van der Waals surface area contributed by atoms with E-state index < -0.39 is 0 Å². The standard InChI is InChI=1S/C30H20O4P2/c1-3-11-25-21(7-1)23-9-5-13-27(29(23)35-33-25)31-19-15-17-20(18-16-19)32-28-14-6-10-24-22-8-2-4-12-26(22)34-36-30(24)28/h1-18,35-36H. The maximum atomic E-state index is 6.28. The minimum atomic E-state index is 0.198. The highest BCUT2D eigenvalue weighted by molar-refractivity contribution is 7.43. The van der Waals surface area contributed by atoms with Crippen LogP contribution in [-0.4, -0.2) is 0 Å². The van der Waals surface area contributed by atoms with Crippen molar-refractivity contribution in [1.29, 1.82) is 0 Å². The van der Waals surface area contributed by atoms with Crippen LogP contribution in [0.4, 0.5) is 0 Å². The van der Waals surface area contributed by atoms with Crippen LogP contribution in [0.5, 0.6) is 34.5 Å². The molecule has 2 aliphatic heterocycles. The smallest absolute Gasteiger partial charge is 0.138 e. The molecular weight excluding hydrogens is 486 g/mol. The van der Waals surface area contributed by atoms with Crippen LogP contribution in [-0.2, 0) is 0 Å². The molecule has 0 saturated carbocycles. The minimum Gasteiger partial charge on any atom is -0.472 e. The van der Waals surface area contributed by atoms with Crippen molar-refractivity contribution < 1.29 is 18.5 Å². The number of hydrogen-bond acceptors (Lipinski definition) is 4. The summed E-state index contributed by atoms with van der Waals surface area (Å²) >= 11 is 0. The molecule has 5 aromatic carbocycles. The van der Waals surface area contributed by atoms with E-state index in [4.69, 9.17) is 18.5 Å². The average Bonchev–Trinajstić information content (AvgIpc) is 2.94. The van der Waals surface area contributed by atoms with Crippen LogP contribution in [0.2, 0.25) is 0 Å². The van der Waals surface area contributed by atoms with E-state index in [2.05, 4.69) is 24.3 Å². The molecule has 2 atom stereocenters. The fourth-order valence-corrected chi connectivity index (χ4v) is 6.40. The predicted octanol–water partition coefficient (Wildman–Crippen LogP) is 7.83. The van der Waals surface area contributed by atoms with Crippen molar-refractivity contribution in [2.75, 3.05) is 0 Å². The topological polar surface area (TPSA) is 36.9 Å². The van der Waals surface area contributed by atoms with Crippen LogP contribution in [0, 0.1) is 0 Å². The third-order valence-electron chi connectivity index (χ3n) is 6.21. The molecule has 2 heterocycles. The summed E-state index contributed by atoms with van der Waals surface area (Å²) in [7, 11) is 0.396. The quantitative estimate of drug-likeness (QED) is 0.233. The van der Waals surface area contributed by atoms with Gasteiger partial charge in [0.15, 0.2) is 0 Å². The molecule has 0 aromatic heterocycles. The van der Waals surface area contributed by atoms with Gasteiger partial charge >= 0.3 is 0 Å². The summed E-state index contributed by atoms with van der Waals surface area (Å²) in [5.74, 6) is 4.94. The molecule has 174 valence electrons. The van der Waals surface area contributed by atoms with Gasteiger partial charge in [0, 0.05) is 11.1 Å². The normalized spacial score (nSPS) is 14.0. The van der Waals surface area contributed by atoms with Crippen molar-refractivity contribution in [1.82, 2.24) is 0 Å². The lowest BCUT2D eigenvalue weighted by Gasteiger charge is -2.23. The summed E-state index contributed by atoms with van der Waals surface area (Å²) in [6, 6.07) is 36.2. The Hall–Kier alpha value is -3.84. The van der Waals surface area contributed by atoms with Crippen molar-refractivity contribution in [3.8, 4) is 56.8 Å². The molecule has 0 bridgehead atoms. The Morgan fingerprint density at radius 2 is 0.833 bits per heavy atom. The van der Waals surface area contributed by atoms with Gasteiger partial charge in [0.2, 0.25) is 0 Å². The molecule has 0 aliphatic carbocycles. The molecular formula is C30H20O4P2. The van der Waals surface area contributed by atoms with Crippen LogP contribution in [0.25, 0.3) is 22.3 Å². The fourth-order valence-electron chi connectivity index (χ4n) is 4.49. The molecule has 0 amide bonds. The van der Waals surface area contributed by atoms with E-state index >= 15 is 0 Å². The number of hydrogen-bond donors (Lipinski definition) is 0. The number of para-hydroxylation sites is 2. The molecule has 2 unspecified atom stereocenters. The van der Waals surface area contributed by atoms with Gasteiger partial charge in [0.1, 0.15) is 52.1 Å². The Labute approximate surface area is 212 Å². The van der Waals surface area contributed by atoms with Gasteiger partial charge in [-0.2, -0.15) is 0 Å². The monoisotopic (exact) mass is 506 g/mol. The zero-order chi connectivity index (χ0) is 23.9. The predicted molar refractivity (Wildman–Crippen MR) is 147 cm³/mol. The van der Waals surface area contributed by atoms with Crippen molar-refractivity contribution >= 4 is 28.2 Å². The molecule has 2 aliphatic rings. The Morgan fingerprint density at radius 3 is 1.31 bits per heavy atom. The van der Waals surface area contributed by atoms with Gasteiger partial charge in [-0.3, -0.25) is 0 Å². The molecule has 0 fully saturated rings. The van der Waals surface area contributed by atoms with E-state index in [1.165, 1.54) is 0 Å². The lowest BCUT2D eigenvalue weighted by atomic mass is 10.0. The van der Waals surface area contributed by atoms with Crippen molar-refractivity contribution in [2.45, 2.75) is 0 Å². The van der Waals surface area contributed by atoms with Gasteiger partial charge in [0.25, 0.3) is 0 Å². The van der Waals surface area contributed by atoms with Crippen molar-refractivity contribution in [3.05, 3.63) is 109 Å². The van der Waals surface area contributed by atoms with E-state index in [-0.39, 0.29) is 17.6 Å². The molecule has 4 nitrogen and oxygen atoms in total. The molecule has 7 rings (SSSR count). The highest BCUT2D eigenvalue weighted by atomic mass is 31.1. The summed E-state index contributed by atoms with van der Waals surface area (Å²) in [5.41, 5.74) is 4.51. The highest BCUT2D eigenvalue weighted by Gasteiger charge is 2.22. The fraction of sp³-hybridized carbons (Fsp3) is 0. The zero-order valence-corrected chi connectivity index (χ0v) is 21.0. The average molecular weight is 506 g/mol. The second-order valence-corrected chi connectivity index (χ2v) is 10.3. The SMILES string of the molecule is c1ccc2c(c1)OPc1c(Oc3ccc(Oc4cccc5c4POc4ccccc4-5)cc3)cccc1-2. The minimum absolute atomic E-state index is 0.198. The summed E-state index contributed by atoms with van der Waals surface area (Å²) in [4.78, 5) is 0. The molecule has 0 saturated heterocycles. The van der Waals surface area contributed by atoms with Crippen LogP contribution >= 0.6 is 17.6 Å². The molecule has 6 heteroatoms. The Balaban J connectivity index is 1.13. The Morgan fingerprint density at radius 1 is 0.417 bits per heavy atom. The number of ether oxygens (including phenoxy) is 2. The van der Waals surface area contributed by atoms with Gasteiger partial charge in [-0.15, -0.1) is 0 Å². The molecule has 0 spiro atoms. The summed E-state index contributed by atoms with van der Waals surface area (Å²) in [5, 5.41) is 2.16. The van der Waals surface area contributed by atoms with Gasteiger partial charge < -0.3 is 18.5 Å². The first-order chi connectivity index (χ1) is 17.8. The van der Waals surface area contributed by atoms with Crippen molar-refractivity contribution in [3.63, 3.8) is 0 Å². The maximum absolute atomic E-state index is 6.28. The third-order valence-corrected chi connectivity index (χ3v) is 8.30. The van der Waals surface area contributed by atoms with Crippen LogP contribution in [0.15, 0.2) is 109 Å². The zero-order valence-electron chi connectivity index (χ0n) is 19.0. The molecule has 0 radical (unpaired) electrons. The second kappa shape index (κ2) is 8.99. The molecule has 5 aromatic rings. The number of rotatable bonds is 4. The first kappa shape index (κ1) is 21.4. The van der Waals surface area contributed by atoms with E-state index in [1.54, 1.807) is 0 Å². The van der Waals surface area contributed by atoms with Crippen LogP contribution in [0.1, 0.15) is 0 Å². The second-order valence-electron chi connectivity index (χ2n) is 8.43. The summed E-state index contributed by atoms with van der Waals surface area (Å²) < 4.78 is 24.6. The van der Waals surface area contributed by atoms with Crippen molar-refractivity contribution in [2.24, 2.45) is 0 Å². The Kier molecular flexibility index (Phi) is 5.35. The molecule has 0 N–H and O–H groups in total. The van der Waals surface area contributed by atoms with E-state index in [0.29, 0.717) is 0 Å².